The molecule has 3 aromatic carbocycles. The largest absolute Gasteiger partial charge is 0.497 e. The fraction of sp³-hybridized carbons (Fsp3) is 0.226. The molecule has 11 nitrogen and oxygen atoms in total. The number of ether oxygens (including phenoxy) is 1. The van der Waals surface area contributed by atoms with Crippen LogP contribution in [-0.4, -0.2) is 59.7 Å². The van der Waals surface area contributed by atoms with E-state index in [1.807, 2.05) is 35.0 Å². The third kappa shape index (κ3) is 7.13. The van der Waals surface area contributed by atoms with E-state index in [4.69, 9.17) is 10.5 Å². The van der Waals surface area contributed by atoms with Crippen LogP contribution in [-0.2, 0) is 16.6 Å². The van der Waals surface area contributed by atoms with Crippen molar-refractivity contribution in [2.45, 2.75) is 29.6 Å². The van der Waals surface area contributed by atoms with Crippen LogP contribution >= 0.6 is 11.3 Å². The van der Waals surface area contributed by atoms with Gasteiger partial charge >= 0.3 is 0 Å². The lowest BCUT2D eigenvalue weighted by Crippen LogP contribution is -2.38. The Morgan fingerprint density at radius 1 is 0.955 bits per heavy atom. The monoisotopic (exact) mass is 632 g/mol. The molecule has 0 spiro atoms. The van der Waals surface area contributed by atoms with Crippen molar-refractivity contribution in [3.63, 3.8) is 0 Å². The molecule has 0 radical (unpaired) electrons. The van der Waals surface area contributed by atoms with E-state index in [2.05, 4.69) is 15.6 Å². The molecular weight excluding hydrogens is 601 g/mol. The topological polar surface area (TPSA) is 150 Å². The Kier molecular flexibility index (Phi) is 9.68. The number of thiophene rings is 1. The second-order valence-corrected chi connectivity index (χ2v) is 13.4. The number of sulfonamides is 1. The molecule has 1 fully saturated rings. The van der Waals surface area contributed by atoms with Gasteiger partial charge in [-0.2, -0.15) is 4.31 Å². The van der Waals surface area contributed by atoms with Crippen LogP contribution in [0.5, 0.6) is 5.75 Å². The molecule has 0 saturated carbocycles. The summed E-state index contributed by atoms with van der Waals surface area (Å²) in [6, 6.07) is 26.9. The Morgan fingerprint density at radius 3 is 2.36 bits per heavy atom. The summed E-state index contributed by atoms with van der Waals surface area (Å²) in [7, 11) is -2.05. The van der Waals surface area contributed by atoms with E-state index in [-0.39, 0.29) is 28.6 Å². The van der Waals surface area contributed by atoms with Gasteiger partial charge in [0.2, 0.25) is 5.91 Å². The van der Waals surface area contributed by atoms with Gasteiger partial charge in [-0.1, -0.05) is 41.6 Å². The van der Waals surface area contributed by atoms with Crippen molar-refractivity contribution < 1.29 is 22.7 Å². The molecule has 13 heteroatoms. The Labute approximate surface area is 259 Å². The molecule has 0 atom stereocenters. The molecule has 2 aromatic heterocycles. The number of amides is 2. The standard InChI is InChI=1S/C24H25N5O4S2.C7H7NO/c1-33-19-6-4-5-17(15-19)24(30)25-16-20-9-10-23(34-20)35(31,32)28-13-11-18(12-14-28)29-22-8-3-2-7-21(22)26-27-29;8-7(9)6-4-2-1-3-5-6/h2-10,15,18H,11-14,16H2,1H3,(H,25,30);1-5H,(H2,8,9). The zero-order chi connectivity index (χ0) is 31.1. The summed E-state index contributed by atoms with van der Waals surface area (Å²) in [6.45, 7) is 1.08. The summed E-state index contributed by atoms with van der Waals surface area (Å²) >= 11 is 1.18. The lowest BCUT2D eigenvalue weighted by atomic mass is 10.1. The number of fused-ring (bicyclic) bond motifs is 1. The molecule has 3 N–H and O–H groups in total. The maximum Gasteiger partial charge on any atom is 0.252 e. The maximum absolute atomic E-state index is 13.2. The van der Waals surface area contributed by atoms with E-state index in [1.165, 1.54) is 15.6 Å². The Morgan fingerprint density at radius 2 is 1.66 bits per heavy atom. The first-order valence-electron chi connectivity index (χ1n) is 13.9. The number of carbonyl (C=O) groups excluding carboxylic acids is 2. The van der Waals surface area contributed by atoms with Gasteiger partial charge < -0.3 is 15.8 Å². The predicted octanol–water partition coefficient (Wildman–Crippen LogP) is 4.24. The number of piperidine rings is 1. The zero-order valence-electron chi connectivity index (χ0n) is 24.0. The third-order valence-corrected chi connectivity index (χ3v) is 10.6. The highest BCUT2D eigenvalue weighted by atomic mass is 32.2. The summed E-state index contributed by atoms with van der Waals surface area (Å²) < 4.78 is 35.4. The van der Waals surface area contributed by atoms with E-state index in [1.54, 1.807) is 67.8 Å². The molecular formula is C31H32N6O5S2. The van der Waals surface area contributed by atoms with Crippen molar-refractivity contribution in [2.24, 2.45) is 5.73 Å². The van der Waals surface area contributed by atoms with Gasteiger partial charge in [-0.25, -0.2) is 13.1 Å². The number of methoxy groups -OCH3 is 1. The fourth-order valence-corrected chi connectivity index (χ4v) is 7.76. The van der Waals surface area contributed by atoms with E-state index in [9.17, 15) is 18.0 Å². The van der Waals surface area contributed by atoms with Crippen LogP contribution in [0.15, 0.2) is 95.2 Å². The van der Waals surface area contributed by atoms with Crippen molar-refractivity contribution in [1.29, 1.82) is 0 Å². The summed E-state index contributed by atoms with van der Waals surface area (Å²) in [6.07, 6.45) is 1.34. The van der Waals surface area contributed by atoms with Gasteiger partial charge in [0.05, 0.1) is 25.2 Å². The van der Waals surface area contributed by atoms with Gasteiger partial charge in [-0.05, 0) is 67.4 Å². The Hall–Kier alpha value is -4.59. The van der Waals surface area contributed by atoms with Crippen molar-refractivity contribution in [3.05, 3.63) is 107 Å². The van der Waals surface area contributed by atoms with Crippen LogP contribution in [0.2, 0.25) is 0 Å². The highest BCUT2D eigenvalue weighted by Gasteiger charge is 2.32. The lowest BCUT2D eigenvalue weighted by Gasteiger charge is -2.30. The highest BCUT2D eigenvalue weighted by molar-refractivity contribution is 7.91. The van der Waals surface area contributed by atoms with Crippen LogP contribution in [0.3, 0.4) is 0 Å². The fourth-order valence-electron chi connectivity index (χ4n) is 4.84. The number of benzene rings is 3. The normalized spacial score (nSPS) is 14.0. The quantitative estimate of drug-likeness (QED) is 0.260. The molecule has 0 aliphatic carbocycles. The smallest absolute Gasteiger partial charge is 0.252 e. The molecule has 0 bridgehead atoms. The first-order chi connectivity index (χ1) is 21.3. The molecule has 2 amide bonds. The van der Waals surface area contributed by atoms with E-state index < -0.39 is 10.0 Å². The van der Waals surface area contributed by atoms with E-state index in [0.29, 0.717) is 42.8 Å². The predicted molar refractivity (Wildman–Crippen MR) is 168 cm³/mol. The number of para-hydroxylation sites is 1. The van der Waals surface area contributed by atoms with E-state index >= 15 is 0 Å². The van der Waals surface area contributed by atoms with Gasteiger partial charge in [-0.3, -0.25) is 9.59 Å². The second-order valence-electron chi connectivity index (χ2n) is 10.0. The van der Waals surface area contributed by atoms with Gasteiger partial charge in [0.25, 0.3) is 15.9 Å². The first kappa shape index (κ1) is 30.9. The number of rotatable bonds is 8. The molecule has 228 valence electrons. The molecule has 0 unspecified atom stereocenters. The molecule has 5 aromatic rings. The number of hydrogen-bond donors (Lipinski definition) is 2. The van der Waals surface area contributed by atoms with Crippen LogP contribution in [0.1, 0.15) is 44.5 Å². The van der Waals surface area contributed by atoms with Crippen molar-refractivity contribution in [1.82, 2.24) is 24.6 Å². The Balaban J connectivity index is 0.000000367. The van der Waals surface area contributed by atoms with Crippen LogP contribution in [0, 0.1) is 0 Å². The number of primary amides is 1. The minimum absolute atomic E-state index is 0.111. The molecule has 44 heavy (non-hydrogen) atoms. The summed E-state index contributed by atoms with van der Waals surface area (Å²) in [5.41, 5.74) is 7.82. The van der Waals surface area contributed by atoms with Crippen molar-refractivity contribution in [3.8, 4) is 5.75 Å². The van der Waals surface area contributed by atoms with Gasteiger partial charge in [0, 0.05) is 29.1 Å². The summed E-state index contributed by atoms with van der Waals surface area (Å²) in [5.74, 6) is -0.0251. The first-order valence-corrected chi connectivity index (χ1v) is 16.2. The molecule has 1 saturated heterocycles. The average molecular weight is 633 g/mol. The van der Waals surface area contributed by atoms with Crippen LogP contribution in [0.25, 0.3) is 11.0 Å². The zero-order valence-corrected chi connectivity index (χ0v) is 25.6. The molecule has 6 rings (SSSR count). The lowest BCUT2D eigenvalue weighted by molar-refractivity contribution is 0.0949. The number of hydrogen-bond acceptors (Lipinski definition) is 8. The van der Waals surface area contributed by atoms with Crippen molar-refractivity contribution in [2.75, 3.05) is 20.2 Å². The Bertz CT molecular complexity index is 1850. The molecule has 1 aliphatic rings. The number of nitrogens with two attached hydrogens (primary N) is 1. The highest BCUT2D eigenvalue weighted by Crippen LogP contribution is 2.31. The van der Waals surface area contributed by atoms with Gasteiger partial charge in [0.1, 0.15) is 15.5 Å². The number of nitrogens with zero attached hydrogens (tertiary/aromatic N) is 4. The number of aromatic nitrogens is 3. The van der Waals surface area contributed by atoms with Gasteiger partial charge in [-0.15, -0.1) is 16.4 Å². The summed E-state index contributed by atoms with van der Waals surface area (Å²) in [5, 5.41) is 11.3. The minimum atomic E-state index is -3.60. The maximum atomic E-state index is 13.2. The number of nitrogens with one attached hydrogen (secondary N) is 1. The van der Waals surface area contributed by atoms with Gasteiger partial charge in [0.15, 0.2) is 0 Å². The minimum Gasteiger partial charge on any atom is -0.497 e. The van der Waals surface area contributed by atoms with E-state index in [0.717, 1.165) is 15.9 Å². The summed E-state index contributed by atoms with van der Waals surface area (Å²) in [4.78, 5) is 23.6. The molecule has 3 heterocycles. The average Bonchev–Trinajstić information content (AvgIpc) is 3.73. The van der Waals surface area contributed by atoms with Crippen LogP contribution in [0.4, 0.5) is 0 Å². The second kappa shape index (κ2) is 13.8. The van der Waals surface area contributed by atoms with Crippen LogP contribution < -0.4 is 15.8 Å². The van der Waals surface area contributed by atoms with Crippen molar-refractivity contribution >= 4 is 44.2 Å². The third-order valence-electron chi connectivity index (χ3n) is 7.19. The number of carbonyl (C=O) groups is 2. The SMILES string of the molecule is COc1cccc(C(=O)NCc2ccc(S(=O)(=O)N3CCC(n4nnc5ccccc54)CC3)s2)c1.NC(=O)c1ccccc1. The molecule has 1 aliphatic heterocycles.